The van der Waals surface area contributed by atoms with Crippen LogP contribution in [-0.4, -0.2) is 252 Å². The number of carboxylic acid groups (broad SMARTS) is 1. The van der Waals surface area contributed by atoms with Crippen LogP contribution < -0.4 is 96.1 Å². The average molecular weight is 1710 g/mol. The summed E-state index contributed by atoms with van der Waals surface area (Å²) in [6, 6.07) is -10.0. The first-order valence-corrected chi connectivity index (χ1v) is 40.2. The summed E-state index contributed by atoms with van der Waals surface area (Å²) in [5.41, 5.74) is -8.52. The summed E-state index contributed by atoms with van der Waals surface area (Å²) in [5.74, 6) is -18.0. The van der Waals surface area contributed by atoms with Crippen LogP contribution in [0.4, 0.5) is 0 Å². The smallest absolute Gasteiger partial charge is 0.303 e. The minimum atomic E-state index is -1.89. The zero-order valence-corrected chi connectivity index (χ0v) is 74.7. The number of hydrogen-bond donors (Lipinski definition) is 20. The number of carbonyl (C=O) groups excluding carboxylic acids is 19. The summed E-state index contributed by atoms with van der Waals surface area (Å²) >= 11 is 0. The van der Waals surface area contributed by atoms with E-state index in [1.54, 1.807) is 41.5 Å². The van der Waals surface area contributed by atoms with E-state index >= 15 is 0 Å². The molecular weight excluding hydrogens is 1570 g/mol. The maximum atomic E-state index is 14.5. The fourth-order valence-corrected chi connectivity index (χ4v) is 12.1. The molecule has 0 aromatic carbocycles. The van der Waals surface area contributed by atoms with Crippen molar-refractivity contribution in [1.29, 1.82) is 0 Å². The van der Waals surface area contributed by atoms with Gasteiger partial charge in [0.25, 0.3) is 0 Å². The van der Waals surface area contributed by atoms with Crippen LogP contribution in [0.1, 0.15) is 238 Å². The first kappa shape index (κ1) is 107. The van der Waals surface area contributed by atoms with Gasteiger partial charge in [-0.3, -0.25) is 95.9 Å². The monoisotopic (exact) mass is 1700 g/mol. The van der Waals surface area contributed by atoms with E-state index in [1.165, 1.54) is 130 Å². The third-order valence-electron chi connectivity index (χ3n) is 19.3. The first-order chi connectivity index (χ1) is 54.6. The number of carbonyl (C=O) groups is 20. The molecule has 0 bridgehead atoms. The number of aliphatic hydroxyl groups is 1. The number of aliphatic hydroxyl groups excluding tert-OH is 1. The van der Waals surface area contributed by atoms with E-state index in [0.717, 1.165) is 0 Å². The van der Waals surface area contributed by atoms with E-state index in [9.17, 15) is 106 Å². The highest BCUT2D eigenvalue weighted by atomic mass is 16.4. The molecule has 680 valence electrons. The van der Waals surface area contributed by atoms with E-state index in [-0.39, 0.29) is 50.0 Å². The Morgan fingerprint density at radius 1 is 0.392 bits per heavy atom. The molecule has 120 heavy (non-hydrogen) atoms. The minimum absolute atomic E-state index is 0.0302. The van der Waals surface area contributed by atoms with E-state index in [1.807, 2.05) is 13.8 Å². The van der Waals surface area contributed by atoms with Gasteiger partial charge >= 0.3 is 5.97 Å². The molecule has 1 aliphatic heterocycles. The van der Waals surface area contributed by atoms with Crippen LogP contribution >= 0.6 is 0 Å². The Hall–Kier alpha value is -10.6. The Morgan fingerprint density at radius 2 is 0.758 bits per heavy atom. The number of rotatable bonds is 48. The van der Waals surface area contributed by atoms with Gasteiger partial charge in [-0.05, 0) is 186 Å². The highest BCUT2D eigenvalue weighted by molar-refractivity contribution is 6.04. The Labute approximate surface area is 702 Å². The number of primary amides is 1. The van der Waals surface area contributed by atoms with Gasteiger partial charge in [0, 0.05) is 26.3 Å². The summed E-state index contributed by atoms with van der Waals surface area (Å²) in [5, 5.41) is 62.3. The predicted molar refractivity (Wildman–Crippen MR) is 439 cm³/mol. The number of nitrogens with zero attached hydrogens (tertiary/aromatic N) is 1. The lowest BCUT2D eigenvalue weighted by Crippen LogP contribution is -2.66. The molecular formula is C79H137N19O22. The van der Waals surface area contributed by atoms with Crippen molar-refractivity contribution in [2.45, 2.75) is 330 Å². The lowest BCUT2D eigenvalue weighted by atomic mass is 9.96. The lowest BCUT2D eigenvalue weighted by molar-refractivity contribution is -0.145. The molecule has 0 aliphatic carbocycles. The van der Waals surface area contributed by atoms with Crippen molar-refractivity contribution in [3.63, 3.8) is 0 Å². The van der Waals surface area contributed by atoms with Gasteiger partial charge in [0.15, 0.2) is 0 Å². The minimum Gasteiger partial charge on any atom is -0.481 e. The molecule has 41 heteroatoms. The Kier molecular flexibility index (Phi) is 40.4. The van der Waals surface area contributed by atoms with Crippen LogP contribution in [0.25, 0.3) is 0 Å². The van der Waals surface area contributed by atoms with E-state index in [2.05, 4.69) is 90.4 Å². The standard InChI is InChI=1S/C79H137N19O22/c1-40(2)34-46(39-99)84-58(107)47(30-32-55(104)105)87-66(115)75(17,18)97-70(119)78(23,24)93-61(110)50(36-42(5)6)86-62(111)51-28-27-33-98(51)71(120)79(25,26)94-60(109)49(35-41(3)4)85-54(103)38-82-65(114)73(13,14)95-63(112)56(43(7)8)89-68(117)74(15,16)92-59(108)48(29-31-52(80)101)88-67(116)76(19,20)96-69(118)77(21,22)91-57(106)44(9)83-53(102)37-81-64(113)72(11,12)90-45(10)100/h40-44,46-51,56,99H,27-39H2,1-26H3,(H2,80,101)(H,81,113)(H,82,114)(H,83,102)(H,84,107)(H,85,103)(H,86,111)(H,87,115)(H,88,116)(H,89,117)(H,90,100)(H,91,106)(H,92,108)(H,93,110)(H,94,109)(H,95,112)(H,96,118)(H,97,119)(H,104,105)/t44-,46-,47-,48-,49-,50-,51+,56-/m0/s1. The summed E-state index contributed by atoms with van der Waals surface area (Å²) in [6.07, 6.45) is -0.727. The molecule has 0 aromatic heterocycles. The van der Waals surface area contributed by atoms with Gasteiger partial charge in [0.2, 0.25) is 112 Å². The second-order valence-electron chi connectivity index (χ2n) is 36.5. The van der Waals surface area contributed by atoms with Crippen LogP contribution in [-0.2, 0) is 95.9 Å². The zero-order valence-electron chi connectivity index (χ0n) is 74.7. The van der Waals surface area contributed by atoms with Crippen LogP contribution in [0.2, 0.25) is 0 Å². The molecule has 19 amide bonds. The van der Waals surface area contributed by atoms with E-state index in [4.69, 9.17) is 5.73 Å². The molecule has 8 atom stereocenters. The number of nitrogens with two attached hydrogens (primary N) is 1. The Bertz CT molecular complexity index is 3770. The van der Waals surface area contributed by atoms with Crippen LogP contribution in [0, 0.1) is 23.7 Å². The van der Waals surface area contributed by atoms with Crippen LogP contribution in [0.15, 0.2) is 0 Å². The van der Waals surface area contributed by atoms with Gasteiger partial charge in [-0.15, -0.1) is 0 Å². The van der Waals surface area contributed by atoms with Crippen molar-refractivity contribution in [1.82, 2.24) is 95.3 Å². The van der Waals surface area contributed by atoms with Crippen molar-refractivity contribution in [3.05, 3.63) is 0 Å². The van der Waals surface area contributed by atoms with Gasteiger partial charge in [-0.2, -0.15) is 0 Å². The van der Waals surface area contributed by atoms with Crippen molar-refractivity contribution < 1.29 is 106 Å². The van der Waals surface area contributed by atoms with Crippen molar-refractivity contribution in [2.75, 3.05) is 26.2 Å². The molecule has 0 unspecified atom stereocenters. The van der Waals surface area contributed by atoms with Crippen molar-refractivity contribution >= 4 is 118 Å². The highest BCUT2D eigenvalue weighted by Crippen LogP contribution is 2.24. The predicted octanol–water partition coefficient (Wildman–Crippen LogP) is -3.28. The fraction of sp³-hybridized carbons (Fsp3) is 0.747. The summed E-state index contributed by atoms with van der Waals surface area (Å²) in [4.78, 5) is 270. The molecule has 1 aliphatic rings. The normalized spacial score (nSPS) is 15.2. The molecule has 21 N–H and O–H groups in total. The SMILES string of the molecule is CC(=O)NC(C)(C)C(=O)NCC(=O)N[C@@H](C)C(=O)NC(C)(C)C(=O)NC(C)(C)C(=O)N[C@@H](CCC(N)=O)C(=O)NC(C)(C)C(=O)N[C@H](C(=O)NC(C)(C)C(=O)NCC(=O)N[C@@H](CC(C)C)C(=O)NC(C)(C)C(=O)N1CCC[C@@H]1C(=O)N[C@@H](CC(C)C)C(=O)NC(C)(C)C(=O)NC(C)(C)C(=O)N[C@@H](CCC(=O)O)C(=O)N[C@H](CO)CC(C)C)C(C)C. The number of carboxylic acids is 1. The lowest BCUT2D eigenvalue weighted by Gasteiger charge is -2.35. The highest BCUT2D eigenvalue weighted by Gasteiger charge is 2.47. The van der Waals surface area contributed by atoms with Gasteiger partial charge in [-0.25, -0.2) is 0 Å². The molecule has 1 saturated heterocycles. The third-order valence-corrected chi connectivity index (χ3v) is 19.3. The molecule has 41 nitrogen and oxygen atoms in total. The largest absolute Gasteiger partial charge is 0.481 e. The molecule has 1 fully saturated rings. The number of hydrogen-bond acceptors (Lipinski definition) is 21. The number of likely N-dealkylation sites (tertiary alicyclic amines) is 1. The van der Waals surface area contributed by atoms with Gasteiger partial charge in [0.1, 0.15) is 86.6 Å². The number of nitrogens with one attached hydrogen (secondary N) is 17. The van der Waals surface area contributed by atoms with E-state index < -0.39 is 256 Å². The first-order valence-electron chi connectivity index (χ1n) is 40.2. The average Bonchev–Trinajstić information content (AvgIpc) is 1.55. The maximum Gasteiger partial charge on any atom is 0.303 e. The van der Waals surface area contributed by atoms with Crippen LogP contribution in [0.3, 0.4) is 0 Å². The van der Waals surface area contributed by atoms with Gasteiger partial charge < -0.3 is 111 Å². The topological polar surface area (TPSA) is 616 Å². The molecule has 0 radical (unpaired) electrons. The van der Waals surface area contributed by atoms with Crippen LogP contribution in [0.5, 0.6) is 0 Å². The van der Waals surface area contributed by atoms with Gasteiger partial charge in [0.05, 0.1) is 25.7 Å². The third kappa shape index (κ3) is 35.3. The second-order valence-corrected chi connectivity index (χ2v) is 36.5. The Balaban J connectivity index is 3.19. The Morgan fingerprint density at radius 3 is 1.18 bits per heavy atom. The van der Waals surface area contributed by atoms with Gasteiger partial charge in [-0.1, -0.05) is 55.4 Å². The molecule has 0 aromatic rings. The fourth-order valence-electron chi connectivity index (χ4n) is 12.1. The molecule has 0 saturated carbocycles. The molecule has 1 heterocycles. The van der Waals surface area contributed by atoms with E-state index in [0.29, 0.717) is 12.8 Å². The zero-order chi connectivity index (χ0) is 93.3. The van der Waals surface area contributed by atoms with Crippen molar-refractivity contribution in [2.24, 2.45) is 29.4 Å². The quantitative estimate of drug-likeness (QED) is 0.0284. The number of amides is 19. The molecule has 1 rings (SSSR count). The summed E-state index contributed by atoms with van der Waals surface area (Å²) < 4.78 is 0. The number of aliphatic carboxylic acids is 1. The summed E-state index contributed by atoms with van der Waals surface area (Å²) in [7, 11) is 0. The maximum absolute atomic E-state index is 14.5. The molecule has 0 spiro atoms. The van der Waals surface area contributed by atoms with Crippen molar-refractivity contribution in [3.8, 4) is 0 Å². The second kappa shape index (κ2) is 45.1. The summed E-state index contributed by atoms with van der Waals surface area (Å²) in [6.45, 7) is 36.1.